The van der Waals surface area contributed by atoms with E-state index in [1.54, 1.807) is 12.4 Å². The molecule has 7 heteroatoms. The van der Waals surface area contributed by atoms with Gasteiger partial charge in [-0.15, -0.1) is 0 Å². The number of anilines is 1. The van der Waals surface area contributed by atoms with E-state index in [1.807, 2.05) is 36.7 Å². The van der Waals surface area contributed by atoms with Gasteiger partial charge in [0.2, 0.25) is 11.9 Å². The molecule has 4 rings (SSSR count). The van der Waals surface area contributed by atoms with Crippen LogP contribution in [0.25, 0.3) is 0 Å². The van der Waals surface area contributed by atoms with Crippen LogP contribution < -0.4 is 4.90 Å². The molecule has 7 nitrogen and oxygen atoms in total. The van der Waals surface area contributed by atoms with Crippen molar-refractivity contribution in [2.75, 3.05) is 25.0 Å². The van der Waals surface area contributed by atoms with Crippen LogP contribution in [0.1, 0.15) is 36.2 Å². The monoisotopic (exact) mass is 368 g/mol. The molecule has 1 saturated heterocycles. The third kappa shape index (κ3) is 2.99. The lowest BCUT2D eigenvalue weighted by molar-refractivity contribution is -0.139. The molecule has 0 N–H and O–H groups in total. The number of carbonyl (C=O) groups is 1. The minimum atomic E-state index is 0.0114. The summed E-state index contributed by atoms with van der Waals surface area (Å²) in [4.78, 5) is 26.3. The number of carbonyl (C=O) groups excluding carboxylic acids is 1. The SMILES string of the molecule is Cc1nn(C)c(C)c1CN(C)C(=O)C1CN(c2ncccn2)CC12CCC2. The van der Waals surface area contributed by atoms with Gasteiger partial charge < -0.3 is 9.80 Å². The van der Waals surface area contributed by atoms with Crippen molar-refractivity contribution in [1.82, 2.24) is 24.6 Å². The molecule has 2 aromatic rings. The van der Waals surface area contributed by atoms with Gasteiger partial charge in [0, 0.05) is 62.8 Å². The first kappa shape index (κ1) is 17.9. The molecular formula is C20H28N6O. The van der Waals surface area contributed by atoms with Crippen LogP contribution in [0.2, 0.25) is 0 Å². The number of nitrogens with zero attached hydrogens (tertiary/aromatic N) is 6. The van der Waals surface area contributed by atoms with E-state index in [0.29, 0.717) is 13.1 Å². The van der Waals surface area contributed by atoms with Crippen LogP contribution in [0, 0.1) is 25.2 Å². The molecule has 1 aliphatic heterocycles. The van der Waals surface area contributed by atoms with Gasteiger partial charge in [-0.1, -0.05) is 6.42 Å². The summed E-state index contributed by atoms with van der Waals surface area (Å²) in [5, 5.41) is 4.48. The van der Waals surface area contributed by atoms with Gasteiger partial charge in [0.1, 0.15) is 0 Å². The van der Waals surface area contributed by atoms with Crippen LogP contribution in [0.4, 0.5) is 5.95 Å². The Morgan fingerprint density at radius 2 is 2.00 bits per heavy atom. The first-order valence-corrected chi connectivity index (χ1v) is 9.67. The van der Waals surface area contributed by atoms with Gasteiger partial charge in [-0.25, -0.2) is 9.97 Å². The first-order valence-electron chi connectivity index (χ1n) is 9.67. The Morgan fingerprint density at radius 1 is 1.30 bits per heavy atom. The molecule has 1 aliphatic carbocycles. The van der Waals surface area contributed by atoms with E-state index in [2.05, 4.69) is 26.9 Å². The topological polar surface area (TPSA) is 67.2 Å². The number of hydrogen-bond acceptors (Lipinski definition) is 5. The van der Waals surface area contributed by atoms with Crippen LogP contribution in [0.3, 0.4) is 0 Å². The summed E-state index contributed by atoms with van der Waals surface area (Å²) in [6, 6.07) is 1.83. The van der Waals surface area contributed by atoms with Crippen LogP contribution >= 0.6 is 0 Å². The molecule has 1 unspecified atom stereocenters. The summed E-state index contributed by atoms with van der Waals surface area (Å²) >= 11 is 0. The Balaban J connectivity index is 1.53. The van der Waals surface area contributed by atoms with Gasteiger partial charge in [0.05, 0.1) is 11.6 Å². The van der Waals surface area contributed by atoms with E-state index in [-0.39, 0.29) is 17.2 Å². The average molecular weight is 368 g/mol. The molecule has 144 valence electrons. The predicted octanol–water partition coefficient (Wildman–Crippen LogP) is 2.09. The number of aryl methyl sites for hydroxylation is 2. The van der Waals surface area contributed by atoms with Crippen LogP contribution in [0.5, 0.6) is 0 Å². The maximum atomic E-state index is 13.4. The Bertz CT molecular complexity index is 842. The van der Waals surface area contributed by atoms with Crippen molar-refractivity contribution in [2.24, 2.45) is 18.4 Å². The van der Waals surface area contributed by atoms with Gasteiger partial charge in [0.25, 0.3) is 0 Å². The first-order chi connectivity index (χ1) is 12.9. The summed E-state index contributed by atoms with van der Waals surface area (Å²) in [6.07, 6.45) is 6.98. The fourth-order valence-electron chi connectivity index (χ4n) is 4.68. The summed E-state index contributed by atoms with van der Waals surface area (Å²) in [7, 11) is 3.87. The predicted molar refractivity (Wildman–Crippen MR) is 103 cm³/mol. The van der Waals surface area contributed by atoms with Crippen molar-refractivity contribution in [3.05, 3.63) is 35.4 Å². The Labute approximate surface area is 160 Å². The Kier molecular flexibility index (Phi) is 4.40. The maximum absolute atomic E-state index is 13.4. The summed E-state index contributed by atoms with van der Waals surface area (Å²) in [5.41, 5.74) is 3.36. The number of amides is 1. The van der Waals surface area contributed by atoms with Crippen molar-refractivity contribution in [3.63, 3.8) is 0 Å². The summed E-state index contributed by atoms with van der Waals surface area (Å²) in [5.74, 6) is 0.980. The van der Waals surface area contributed by atoms with E-state index < -0.39 is 0 Å². The highest BCUT2D eigenvalue weighted by atomic mass is 16.2. The second-order valence-corrected chi connectivity index (χ2v) is 8.17. The zero-order valence-electron chi connectivity index (χ0n) is 16.6. The Hall–Kier alpha value is -2.44. The molecular weight excluding hydrogens is 340 g/mol. The van der Waals surface area contributed by atoms with E-state index in [4.69, 9.17) is 0 Å². The smallest absolute Gasteiger partial charge is 0.228 e. The number of rotatable bonds is 4. The van der Waals surface area contributed by atoms with Gasteiger partial charge in [-0.05, 0) is 32.8 Å². The second-order valence-electron chi connectivity index (χ2n) is 8.17. The number of hydrogen-bond donors (Lipinski definition) is 0. The molecule has 0 bridgehead atoms. The molecule has 1 spiro atoms. The molecule has 1 saturated carbocycles. The Morgan fingerprint density at radius 3 is 2.56 bits per heavy atom. The lowest BCUT2D eigenvalue weighted by atomic mass is 9.62. The minimum Gasteiger partial charge on any atom is -0.341 e. The van der Waals surface area contributed by atoms with E-state index >= 15 is 0 Å². The van der Waals surface area contributed by atoms with Gasteiger partial charge in [0.15, 0.2) is 0 Å². The van der Waals surface area contributed by atoms with Crippen molar-refractivity contribution >= 4 is 11.9 Å². The normalized spacial score (nSPS) is 20.7. The van der Waals surface area contributed by atoms with E-state index in [9.17, 15) is 4.79 Å². The third-order valence-corrected chi connectivity index (χ3v) is 6.56. The maximum Gasteiger partial charge on any atom is 0.228 e. The molecule has 27 heavy (non-hydrogen) atoms. The second kappa shape index (κ2) is 6.62. The molecule has 1 amide bonds. The average Bonchev–Trinajstić information content (AvgIpc) is 3.16. The van der Waals surface area contributed by atoms with Gasteiger partial charge in [-0.2, -0.15) is 5.10 Å². The largest absolute Gasteiger partial charge is 0.341 e. The van der Waals surface area contributed by atoms with Crippen LogP contribution in [-0.4, -0.2) is 50.7 Å². The van der Waals surface area contributed by atoms with Crippen molar-refractivity contribution < 1.29 is 4.79 Å². The highest BCUT2D eigenvalue weighted by Crippen LogP contribution is 2.52. The highest BCUT2D eigenvalue weighted by Gasteiger charge is 2.54. The molecule has 1 atom stereocenters. The van der Waals surface area contributed by atoms with Crippen molar-refractivity contribution in [2.45, 2.75) is 39.7 Å². The quantitative estimate of drug-likeness (QED) is 0.827. The van der Waals surface area contributed by atoms with Crippen LogP contribution in [0.15, 0.2) is 18.5 Å². The third-order valence-electron chi connectivity index (χ3n) is 6.56. The zero-order valence-corrected chi connectivity index (χ0v) is 16.6. The standard InChI is InChI=1S/C20H28N6O/c1-14-16(15(2)25(4)23-14)11-24(3)18(27)17-12-26(13-20(17)7-5-8-20)19-21-9-6-10-22-19/h6,9-10,17H,5,7-8,11-13H2,1-4H3. The van der Waals surface area contributed by atoms with Crippen molar-refractivity contribution in [3.8, 4) is 0 Å². The summed E-state index contributed by atoms with van der Waals surface area (Å²) < 4.78 is 1.89. The lowest BCUT2D eigenvalue weighted by Gasteiger charge is -2.42. The molecule has 2 aromatic heterocycles. The molecule has 0 aromatic carbocycles. The van der Waals surface area contributed by atoms with E-state index in [1.165, 1.54) is 6.42 Å². The van der Waals surface area contributed by atoms with Gasteiger partial charge in [-0.3, -0.25) is 9.48 Å². The van der Waals surface area contributed by atoms with Crippen LogP contribution in [-0.2, 0) is 18.4 Å². The highest BCUT2D eigenvalue weighted by molar-refractivity contribution is 5.81. The molecule has 2 fully saturated rings. The van der Waals surface area contributed by atoms with Crippen molar-refractivity contribution in [1.29, 1.82) is 0 Å². The fourth-order valence-corrected chi connectivity index (χ4v) is 4.68. The van der Waals surface area contributed by atoms with Gasteiger partial charge >= 0.3 is 0 Å². The molecule has 2 aliphatic rings. The minimum absolute atomic E-state index is 0.0114. The number of aromatic nitrogens is 4. The lowest BCUT2D eigenvalue weighted by Crippen LogP contribution is -2.45. The van der Waals surface area contributed by atoms with E-state index in [0.717, 1.165) is 42.3 Å². The molecule has 3 heterocycles. The fraction of sp³-hybridized carbons (Fsp3) is 0.600. The summed E-state index contributed by atoms with van der Waals surface area (Å²) in [6.45, 7) is 6.27. The molecule has 0 radical (unpaired) electrons. The zero-order chi connectivity index (χ0) is 19.2.